The molecule has 4 N–H and O–H groups in total. The highest BCUT2D eigenvalue weighted by molar-refractivity contribution is 5.85. The zero-order valence-electron chi connectivity index (χ0n) is 12.4. The van der Waals surface area contributed by atoms with Crippen molar-refractivity contribution >= 4 is 12.0 Å². The molecule has 0 aliphatic heterocycles. The molecule has 7 heteroatoms. The molecule has 0 spiro atoms. The molecule has 1 unspecified atom stereocenters. The van der Waals surface area contributed by atoms with Crippen LogP contribution in [-0.2, 0) is 5.54 Å². The molecule has 116 valence electrons. The molecule has 1 aromatic rings. The highest BCUT2D eigenvalue weighted by Gasteiger charge is 2.43. The van der Waals surface area contributed by atoms with Crippen molar-refractivity contribution in [3.05, 3.63) is 17.7 Å². The van der Waals surface area contributed by atoms with Crippen LogP contribution in [0.3, 0.4) is 0 Å². The topological polar surface area (TPSA) is 107 Å². The summed E-state index contributed by atoms with van der Waals surface area (Å²) < 4.78 is 0. The molecule has 1 atom stereocenters. The maximum Gasteiger partial charge on any atom is 0.353 e. The van der Waals surface area contributed by atoms with Gasteiger partial charge in [-0.25, -0.2) is 14.6 Å². The van der Waals surface area contributed by atoms with Crippen molar-refractivity contribution in [2.24, 2.45) is 5.92 Å². The predicted octanol–water partition coefficient (Wildman–Crippen LogP) is 1.83. The number of imidazole rings is 1. The number of urea groups is 1. The van der Waals surface area contributed by atoms with Crippen molar-refractivity contribution in [3.8, 4) is 0 Å². The lowest BCUT2D eigenvalue weighted by molar-refractivity contribution is 0.0690. The van der Waals surface area contributed by atoms with Gasteiger partial charge in [0.2, 0.25) is 0 Å². The zero-order valence-corrected chi connectivity index (χ0v) is 12.4. The maximum absolute atomic E-state index is 12.0. The SMILES string of the molecule is CCC(C)CNC(=O)NC1(c2ncc(C(=O)O)[nH]2)CCC1. The zero-order chi connectivity index (χ0) is 15.5. The van der Waals surface area contributed by atoms with E-state index in [1.54, 1.807) is 0 Å². The van der Waals surface area contributed by atoms with E-state index in [0.717, 1.165) is 25.7 Å². The van der Waals surface area contributed by atoms with E-state index in [4.69, 9.17) is 5.11 Å². The molecule has 0 saturated heterocycles. The molecule has 2 amide bonds. The summed E-state index contributed by atoms with van der Waals surface area (Å²) in [7, 11) is 0. The van der Waals surface area contributed by atoms with E-state index in [-0.39, 0.29) is 11.7 Å². The Morgan fingerprint density at radius 3 is 2.71 bits per heavy atom. The number of H-pyrrole nitrogens is 1. The number of carboxylic acid groups (broad SMARTS) is 1. The lowest BCUT2D eigenvalue weighted by Crippen LogP contribution is -2.55. The van der Waals surface area contributed by atoms with Crippen LogP contribution in [0.5, 0.6) is 0 Å². The minimum Gasteiger partial charge on any atom is -0.477 e. The summed E-state index contributed by atoms with van der Waals surface area (Å²) in [6, 6.07) is -0.233. The number of aromatic amines is 1. The normalized spacial score (nSPS) is 17.6. The van der Waals surface area contributed by atoms with Crippen LogP contribution in [0.15, 0.2) is 6.20 Å². The average Bonchev–Trinajstić information content (AvgIpc) is 2.90. The van der Waals surface area contributed by atoms with Crippen LogP contribution in [-0.4, -0.2) is 33.6 Å². The average molecular weight is 294 g/mol. The molecular formula is C14H22N4O3. The number of aromatic nitrogens is 2. The highest BCUT2D eigenvalue weighted by atomic mass is 16.4. The number of amides is 2. The fourth-order valence-electron chi connectivity index (χ4n) is 2.30. The molecular weight excluding hydrogens is 272 g/mol. The van der Waals surface area contributed by atoms with Gasteiger partial charge in [-0.3, -0.25) is 0 Å². The van der Waals surface area contributed by atoms with Gasteiger partial charge in [-0.2, -0.15) is 0 Å². The molecule has 2 rings (SSSR count). The first-order valence-electron chi connectivity index (χ1n) is 7.31. The third-order valence-corrected chi connectivity index (χ3v) is 4.13. The van der Waals surface area contributed by atoms with E-state index < -0.39 is 11.5 Å². The van der Waals surface area contributed by atoms with Crippen molar-refractivity contribution in [2.75, 3.05) is 6.54 Å². The van der Waals surface area contributed by atoms with Gasteiger partial charge in [0.1, 0.15) is 11.5 Å². The van der Waals surface area contributed by atoms with Gasteiger partial charge < -0.3 is 20.7 Å². The Hall–Kier alpha value is -2.05. The van der Waals surface area contributed by atoms with Crippen LogP contribution in [0.2, 0.25) is 0 Å². The third kappa shape index (κ3) is 3.34. The van der Waals surface area contributed by atoms with E-state index in [0.29, 0.717) is 18.3 Å². The molecule has 1 aliphatic rings. The second-order valence-corrected chi connectivity index (χ2v) is 5.73. The summed E-state index contributed by atoms with van der Waals surface area (Å²) >= 11 is 0. The van der Waals surface area contributed by atoms with Gasteiger partial charge in [0.05, 0.1) is 11.7 Å². The number of hydrogen-bond donors (Lipinski definition) is 4. The molecule has 0 bridgehead atoms. The molecule has 7 nitrogen and oxygen atoms in total. The number of carbonyl (C=O) groups is 2. The number of hydrogen-bond acceptors (Lipinski definition) is 3. The fourth-order valence-corrected chi connectivity index (χ4v) is 2.30. The minimum atomic E-state index is -1.05. The molecule has 1 heterocycles. The summed E-state index contributed by atoms with van der Waals surface area (Å²) in [6.07, 6.45) is 4.80. The first kappa shape index (κ1) is 15.3. The predicted molar refractivity (Wildman–Crippen MR) is 77.1 cm³/mol. The summed E-state index contributed by atoms with van der Waals surface area (Å²) in [5.74, 6) is -0.107. The van der Waals surface area contributed by atoms with Crippen LogP contribution in [0.4, 0.5) is 4.79 Å². The Morgan fingerprint density at radius 2 is 2.24 bits per heavy atom. The highest BCUT2D eigenvalue weighted by Crippen LogP contribution is 2.39. The van der Waals surface area contributed by atoms with Crippen LogP contribution in [0.25, 0.3) is 0 Å². The second kappa shape index (κ2) is 6.15. The van der Waals surface area contributed by atoms with Crippen LogP contribution >= 0.6 is 0 Å². The summed E-state index contributed by atoms with van der Waals surface area (Å²) in [5, 5.41) is 14.7. The van der Waals surface area contributed by atoms with E-state index in [2.05, 4.69) is 34.4 Å². The van der Waals surface area contributed by atoms with Crippen molar-refractivity contribution in [3.63, 3.8) is 0 Å². The van der Waals surface area contributed by atoms with Gasteiger partial charge >= 0.3 is 12.0 Å². The van der Waals surface area contributed by atoms with Crippen molar-refractivity contribution in [1.29, 1.82) is 0 Å². The van der Waals surface area contributed by atoms with Crippen LogP contribution < -0.4 is 10.6 Å². The Kier molecular flexibility index (Phi) is 4.50. The Bertz CT molecular complexity index is 522. The third-order valence-electron chi connectivity index (χ3n) is 4.13. The fraction of sp³-hybridized carbons (Fsp3) is 0.643. The Morgan fingerprint density at radius 1 is 1.52 bits per heavy atom. The van der Waals surface area contributed by atoms with Gasteiger partial charge in [0.15, 0.2) is 0 Å². The number of nitrogens with zero attached hydrogens (tertiary/aromatic N) is 1. The number of carbonyl (C=O) groups excluding carboxylic acids is 1. The van der Waals surface area contributed by atoms with Crippen molar-refractivity contribution in [1.82, 2.24) is 20.6 Å². The molecule has 0 radical (unpaired) electrons. The van der Waals surface area contributed by atoms with E-state index in [1.165, 1.54) is 6.20 Å². The summed E-state index contributed by atoms with van der Waals surface area (Å²) in [4.78, 5) is 29.8. The Balaban J connectivity index is 2.00. The minimum absolute atomic E-state index is 0.0399. The summed E-state index contributed by atoms with van der Waals surface area (Å²) in [6.45, 7) is 4.77. The van der Waals surface area contributed by atoms with Crippen LogP contribution in [0, 0.1) is 5.92 Å². The number of nitrogens with one attached hydrogen (secondary N) is 3. The van der Waals surface area contributed by atoms with Gasteiger partial charge in [-0.1, -0.05) is 20.3 Å². The number of aromatic carboxylic acids is 1. The molecule has 1 aromatic heterocycles. The largest absolute Gasteiger partial charge is 0.477 e. The number of rotatable bonds is 6. The monoisotopic (exact) mass is 294 g/mol. The standard InChI is InChI=1S/C14H22N4O3/c1-3-9(2)7-16-13(21)18-14(5-4-6-14)12-15-8-10(17-12)11(19)20/h8-9H,3-7H2,1-2H3,(H,15,17)(H,19,20)(H2,16,18,21). The first-order valence-corrected chi connectivity index (χ1v) is 7.31. The number of carboxylic acids is 1. The second-order valence-electron chi connectivity index (χ2n) is 5.73. The van der Waals surface area contributed by atoms with Crippen molar-refractivity contribution in [2.45, 2.75) is 45.1 Å². The van der Waals surface area contributed by atoms with E-state index >= 15 is 0 Å². The van der Waals surface area contributed by atoms with Crippen LogP contribution in [0.1, 0.15) is 55.8 Å². The van der Waals surface area contributed by atoms with Crippen molar-refractivity contribution < 1.29 is 14.7 Å². The van der Waals surface area contributed by atoms with E-state index in [1.807, 2.05) is 0 Å². The quantitative estimate of drug-likeness (QED) is 0.642. The first-order chi connectivity index (χ1) is 9.97. The summed E-state index contributed by atoms with van der Waals surface area (Å²) in [5.41, 5.74) is -0.522. The molecule has 1 aliphatic carbocycles. The lowest BCUT2D eigenvalue weighted by atomic mass is 9.76. The Labute approximate surface area is 123 Å². The smallest absolute Gasteiger partial charge is 0.353 e. The molecule has 1 fully saturated rings. The molecule has 1 saturated carbocycles. The molecule has 21 heavy (non-hydrogen) atoms. The van der Waals surface area contributed by atoms with Gasteiger partial charge in [-0.05, 0) is 25.2 Å². The van der Waals surface area contributed by atoms with Gasteiger partial charge in [0.25, 0.3) is 0 Å². The van der Waals surface area contributed by atoms with Gasteiger partial charge in [0, 0.05) is 6.54 Å². The van der Waals surface area contributed by atoms with Gasteiger partial charge in [-0.15, -0.1) is 0 Å². The molecule has 0 aromatic carbocycles. The maximum atomic E-state index is 12.0. The lowest BCUT2D eigenvalue weighted by Gasteiger charge is -2.40. The van der Waals surface area contributed by atoms with E-state index in [9.17, 15) is 9.59 Å².